The van der Waals surface area contributed by atoms with Gasteiger partial charge in [-0.2, -0.15) is 0 Å². The summed E-state index contributed by atoms with van der Waals surface area (Å²) in [6.07, 6.45) is 1.18. The molecule has 4 heteroatoms. The third-order valence-electron chi connectivity index (χ3n) is 3.86. The van der Waals surface area contributed by atoms with Gasteiger partial charge in [0.25, 0.3) is 0 Å². The SMILES string of the molecule is CC(C)NCC1CCN(C)C1c1c(Cl)cccc1Cl. The van der Waals surface area contributed by atoms with Crippen LogP contribution in [0.1, 0.15) is 31.9 Å². The van der Waals surface area contributed by atoms with Gasteiger partial charge in [0.05, 0.1) is 0 Å². The van der Waals surface area contributed by atoms with Crippen LogP contribution in [0.4, 0.5) is 0 Å². The van der Waals surface area contributed by atoms with E-state index in [0.717, 1.165) is 28.7 Å². The molecule has 106 valence electrons. The Kier molecular flexibility index (Phi) is 5.13. The molecule has 1 N–H and O–H groups in total. The summed E-state index contributed by atoms with van der Waals surface area (Å²) in [4.78, 5) is 2.36. The number of likely N-dealkylation sites (tertiary alicyclic amines) is 1. The van der Waals surface area contributed by atoms with Gasteiger partial charge in [0.1, 0.15) is 0 Å². The molecule has 1 aromatic carbocycles. The van der Waals surface area contributed by atoms with E-state index in [4.69, 9.17) is 23.2 Å². The van der Waals surface area contributed by atoms with Gasteiger partial charge >= 0.3 is 0 Å². The van der Waals surface area contributed by atoms with Crippen molar-refractivity contribution >= 4 is 23.2 Å². The van der Waals surface area contributed by atoms with Crippen molar-refractivity contribution < 1.29 is 0 Å². The molecule has 0 radical (unpaired) electrons. The van der Waals surface area contributed by atoms with E-state index in [1.54, 1.807) is 0 Å². The number of nitrogens with zero attached hydrogens (tertiary/aromatic N) is 1. The summed E-state index contributed by atoms with van der Waals surface area (Å²) < 4.78 is 0. The zero-order valence-corrected chi connectivity index (χ0v) is 13.3. The van der Waals surface area contributed by atoms with E-state index in [-0.39, 0.29) is 0 Å². The summed E-state index contributed by atoms with van der Waals surface area (Å²) >= 11 is 12.7. The second-order valence-corrected chi connectivity index (χ2v) is 6.49. The van der Waals surface area contributed by atoms with Gasteiger partial charge in [0.2, 0.25) is 0 Å². The van der Waals surface area contributed by atoms with Gasteiger partial charge in [-0.3, -0.25) is 4.90 Å². The number of nitrogens with one attached hydrogen (secondary N) is 1. The van der Waals surface area contributed by atoms with E-state index in [1.807, 2.05) is 18.2 Å². The van der Waals surface area contributed by atoms with Crippen LogP contribution in [-0.2, 0) is 0 Å². The van der Waals surface area contributed by atoms with Crippen molar-refractivity contribution in [2.45, 2.75) is 32.4 Å². The Morgan fingerprint density at radius 3 is 2.53 bits per heavy atom. The highest BCUT2D eigenvalue weighted by atomic mass is 35.5. The molecule has 1 aromatic rings. The Bertz CT molecular complexity index is 414. The fourth-order valence-corrected chi connectivity index (χ4v) is 3.50. The Morgan fingerprint density at radius 1 is 1.32 bits per heavy atom. The molecule has 0 bridgehead atoms. The molecule has 2 unspecified atom stereocenters. The minimum Gasteiger partial charge on any atom is -0.314 e. The van der Waals surface area contributed by atoms with Crippen LogP contribution in [-0.4, -0.2) is 31.1 Å². The maximum absolute atomic E-state index is 6.37. The molecule has 0 aliphatic carbocycles. The summed E-state index contributed by atoms with van der Waals surface area (Å²) in [5.41, 5.74) is 1.08. The van der Waals surface area contributed by atoms with Gasteiger partial charge < -0.3 is 5.32 Å². The highest BCUT2D eigenvalue weighted by Gasteiger charge is 2.35. The minimum atomic E-state index is 0.312. The fraction of sp³-hybridized carbons (Fsp3) is 0.600. The summed E-state index contributed by atoms with van der Waals surface area (Å²) in [5, 5.41) is 5.09. The van der Waals surface area contributed by atoms with Crippen molar-refractivity contribution in [2.75, 3.05) is 20.1 Å². The lowest BCUT2D eigenvalue weighted by Gasteiger charge is -2.28. The van der Waals surface area contributed by atoms with Crippen LogP contribution in [0.3, 0.4) is 0 Å². The minimum absolute atomic E-state index is 0.312. The lowest BCUT2D eigenvalue weighted by Crippen LogP contribution is -2.32. The van der Waals surface area contributed by atoms with Crippen molar-refractivity contribution in [2.24, 2.45) is 5.92 Å². The first-order valence-electron chi connectivity index (χ1n) is 6.88. The molecule has 1 fully saturated rings. The smallest absolute Gasteiger partial charge is 0.0468 e. The van der Waals surface area contributed by atoms with E-state index >= 15 is 0 Å². The maximum Gasteiger partial charge on any atom is 0.0468 e. The van der Waals surface area contributed by atoms with Crippen LogP contribution in [0.2, 0.25) is 10.0 Å². The fourth-order valence-electron chi connectivity index (χ4n) is 2.88. The largest absolute Gasteiger partial charge is 0.314 e. The van der Waals surface area contributed by atoms with Crippen LogP contribution >= 0.6 is 23.2 Å². The predicted molar refractivity (Wildman–Crippen MR) is 83.1 cm³/mol. The van der Waals surface area contributed by atoms with Gasteiger partial charge in [0.15, 0.2) is 0 Å². The lowest BCUT2D eigenvalue weighted by molar-refractivity contribution is 0.269. The normalized spacial score (nSPS) is 24.3. The number of benzene rings is 1. The van der Waals surface area contributed by atoms with E-state index in [1.165, 1.54) is 6.42 Å². The molecule has 0 aromatic heterocycles. The molecule has 0 spiro atoms. The summed E-state index contributed by atoms with van der Waals surface area (Å²) in [6.45, 7) is 6.46. The van der Waals surface area contributed by atoms with E-state index in [0.29, 0.717) is 18.0 Å². The Hall–Kier alpha value is -0.280. The molecule has 2 rings (SSSR count). The monoisotopic (exact) mass is 300 g/mol. The highest BCUT2D eigenvalue weighted by Crippen LogP contribution is 2.42. The summed E-state index contributed by atoms with van der Waals surface area (Å²) in [6, 6.07) is 6.59. The first-order valence-corrected chi connectivity index (χ1v) is 7.63. The number of rotatable bonds is 4. The van der Waals surface area contributed by atoms with E-state index in [2.05, 4.69) is 31.1 Å². The van der Waals surface area contributed by atoms with Gasteiger partial charge in [-0.25, -0.2) is 0 Å². The second kappa shape index (κ2) is 6.45. The molecule has 1 aliphatic rings. The Labute approximate surface area is 126 Å². The first-order chi connectivity index (χ1) is 9.00. The quantitative estimate of drug-likeness (QED) is 0.905. The second-order valence-electron chi connectivity index (χ2n) is 5.67. The van der Waals surface area contributed by atoms with Crippen LogP contribution in [0, 0.1) is 5.92 Å². The van der Waals surface area contributed by atoms with Crippen molar-refractivity contribution in [3.05, 3.63) is 33.8 Å². The van der Waals surface area contributed by atoms with Gasteiger partial charge in [-0.15, -0.1) is 0 Å². The Balaban J connectivity index is 2.24. The van der Waals surface area contributed by atoms with E-state index < -0.39 is 0 Å². The maximum atomic E-state index is 6.37. The summed E-state index contributed by atoms with van der Waals surface area (Å²) in [7, 11) is 2.15. The lowest BCUT2D eigenvalue weighted by atomic mass is 9.93. The third-order valence-corrected chi connectivity index (χ3v) is 4.52. The number of hydrogen-bond donors (Lipinski definition) is 1. The molecule has 1 heterocycles. The molecule has 1 aliphatic heterocycles. The molecular weight excluding hydrogens is 279 g/mol. The number of hydrogen-bond acceptors (Lipinski definition) is 2. The number of halogens is 2. The molecular formula is C15H22Cl2N2. The molecule has 1 saturated heterocycles. The van der Waals surface area contributed by atoms with Crippen molar-refractivity contribution in [1.82, 2.24) is 10.2 Å². The highest BCUT2D eigenvalue weighted by molar-refractivity contribution is 6.36. The average Bonchev–Trinajstić information content (AvgIpc) is 2.69. The van der Waals surface area contributed by atoms with Crippen molar-refractivity contribution in [3.63, 3.8) is 0 Å². The first kappa shape index (κ1) is 15.1. The topological polar surface area (TPSA) is 15.3 Å². The predicted octanol–water partition coefficient (Wildman–Crippen LogP) is 3.98. The Morgan fingerprint density at radius 2 is 1.95 bits per heavy atom. The third kappa shape index (κ3) is 3.43. The van der Waals surface area contributed by atoms with Gasteiger partial charge in [-0.05, 0) is 38.1 Å². The zero-order valence-electron chi connectivity index (χ0n) is 11.8. The molecule has 2 atom stereocenters. The van der Waals surface area contributed by atoms with Crippen LogP contribution in [0.25, 0.3) is 0 Å². The van der Waals surface area contributed by atoms with E-state index in [9.17, 15) is 0 Å². The molecule has 0 saturated carbocycles. The molecule has 0 amide bonds. The van der Waals surface area contributed by atoms with Crippen molar-refractivity contribution in [3.8, 4) is 0 Å². The van der Waals surface area contributed by atoms with Crippen LogP contribution < -0.4 is 5.32 Å². The van der Waals surface area contributed by atoms with Crippen molar-refractivity contribution in [1.29, 1.82) is 0 Å². The van der Waals surface area contributed by atoms with Crippen LogP contribution in [0.5, 0.6) is 0 Å². The van der Waals surface area contributed by atoms with Gasteiger partial charge in [-0.1, -0.05) is 43.1 Å². The van der Waals surface area contributed by atoms with Crippen LogP contribution in [0.15, 0.2) is 18.2 Å². The zero-order chi connectivity index (χ0) is 14.0. The average molecular weight is 301 g/mol. The van der Waals surface area contributed by atoms with Gasteiger partial charge in [0, 0.05) is 34.2 Å². The summed E-state index contributed by atoms with van der Waals surface area (Å²) in [5.74, 6) is 0.560. The molecule has 19 heavy (non-hydrogen) atoms. The molecule has 2 nitrogen and oxygen atoms in total. The standard InChI is InChI=1S/C15H22Cl2N2/c1-10(2)18-9-11-7-8-19(3)15(11)14-12(16)5-4-6-13(14)17/h4-6,10-11,15,18H,7-9H2,1-3H3.